The molecule has 3 nitrogen and oxygen atoms in total. The molecule has 0 aliphatic rings. The molecule has 0 radical (unpaired) electrons. The molecule has 0 spiro atoms. The lowest BCUT2D eigenvalue weighted by Gasteiger charge is -2.18. The van der Waals surface area contributed by atoms with Crippen LogP contribution in [-0.2, 0) is 0 Å². The van der Waals surface area contributed by atoms with Gasteiger partial charge in [-0.3, -0.25) is 0 Å². The summed E-state index contributed by atoms with van der Waals surface area (Å²) in [6.45, 7) is 7.54. The van der Waals surface area contributed by atoms with Crippen LogP contribution in [0.3, 0.4) is 0 Å². The number of benzene rings is 1. The second kappa shape index (κ2) is 9.35. The van der Waals surface area contributed by atoms with E-state index in [0.717, 1.165) is 19.6 Å². The van der Waals surface area contributed by atoms with Crippen molar-refractivity contribution in [2.75, 3.05) is 32.8 Å². The van der Waals surface area contributed by atoms with Crippen LogP contribution in [0.15, 0.2) is 18.2 Å². The van der Waals surface area contributed by atoms with Crippen LogP contribution in [-0.4, -0.2) is 42.9 Å². The van der Waals surface area contributed by atoms with Gasteiger partial charge in [-0.25, -0.2) is 4.39 Å². The molecule has 1 aromatic carbocycles. The Morgan fingerprint density at radius 1 is 1.30 bits per heavy atom. The first-order valence-corrected chi connectivity index (χ1v) is 6.95. The molecular formula is C16H22FNO2. The highest BCUT2D eigenvalue weighted by Gasteiger charge is 2.05. The van der Waals surface area contributed by atoms with Crippen LogP contribution in [0.25, 0.3) is 0 Å². The highest BCUT2D eigenvalue weighted by molar-refractivity contribution is 5.46. The predicted molar refractivity (Wildman–Crippen MR) is 78.3 cm³/mol. The molecule has 0 aromatic heterocycles. The van der Waals surface area contributed by atoms with Gasteiger partial charge in [-0.05, 0) is 31.3 Å². The predicted octanol–water partition coefficient (Wildman–Crippen LogP) is 2.28. The molecule has 0 aliphatic carbocycles. The minimum Gasteiger partial charge on any atom is -0.491 e. The molecule has 1 rings (SSSR count). The van der Waals surface area contributed by atoms with Crippen LogP contribution in [0.2, 0.25) is 0 Å². The highest BCUT2D eigenvalue weighted by Crippen LogP contribution is 2.18. The molecule has 1 aromatic rings. The van der Waals surface area contributed by atoms with Crippen molar-refractivity contribution >= 4 is 0 Å². The first-order chi connectivity index (χ1) is 9.71. The van der Waals surface area contributed by atoms with Crippen molar-refractivity contribution in [2.45, 2.75) is 20.3 Å². The lowest BCUT2D eigenvalue weighted by molar-refractivity contribution is 0.222. The van der Waals surface area contributed by atoms with E-state index in [0.29, 0.717) is 24.3 Å². The van der Waals surface area contributed by atoms with E-state index in [9.17, 15) is 4.39 Å². The molecule has 0 amide bonds. The summed E-state index contributed by atoms with van der Waals surface area (Å²) in [5.41, 5.74) is 0.526. The Morgan fingerprint density at radius 2 is 2.05 bits per heavy atom. The smallest absolute Gasteiger partial charge is 0.135 e. The fourth-order valence-electron chi connectivity index (χ4n) is 1.76. The molecule has 20 heavy (non-hydrogen) atoms. The number of ether oxygens (including phenoxy) is 1. The van der Waals surface area contributed by atoms with Gasteiger partial charge in [-0.1, -0.05) is 25.7 Å². The summed E-state index contributed by atoms with van der Waals surface area (Å²) in [5, 5.41) is 8.71. The Hall–Kier alpha value is -1.57. The van der Waals surface area contributed by atoms with Crippen molar-refractivity contribution in [2.24, 2.45) is 0 Å². The van der Waals surface area contributed by atoms with Crippen molar-refractivity contribution in [1.29, 1.82) is 0 Å². The summed E-state index contributed by atoms with van der Waals surface area (Å²) in [6, 6.07) is 4.32. The minimum atomic E-state index is -0.339. The molecule has 0 bridgehead atoms. The van der Waals surface area contributed by atoms with Gasteiger partial charge < -0.3 is 14.7 Å². The number of halogens is 1. The lowest BCUT2D eigenvalue weighted by Crippen LogP contribution is -2.28. The first kappa shape index (κ1) is 16.5. The lowest BCUT2D eigenvalue weighted by atomic mass is 10.2. The topological polar surface area (TPSA) is 32.7 Å². The standard InChI is InChI=1S/C16H22FNO2/c1-3-18(4-2)10-12-20-16-9-8-15(17)13-14(16)7-5-6-11-19/h8-9,13,19H,3-4,6,10-12H2,1-2H3. The third-order valence-electron chi connectivity index (χ3n) is 2.96. The third kappa shape index (κ3) is 5.60. The molecule has 0 saturated heterocycles. The van der Waals surface area contributed by atoms with E-state index in [4.69, 9.17) is 9.84 Å². The average Bonchev–Trinajstić information content (AvgIpc) is 2.46. The van der Waals surface area contributed by atoms with Gasteiger partial charge in [0, 0.05) is 13.0 Å². The van der Waals surface area contributed by atoms with Crippen LogP contribution >= 0.6 is 0 Å². The second-order valence-corrected chi connectivity index (χ2v) is 4.29. The summed E-state index contributed by atoms with van der Waals surface area (Å²) in [7, 11) is 0. The van der Waals surface area contributed by atoms with Crippen molar-refractivity contribution in [1.82, 2.24) is 4.90 Å². The summed E-state index contributed by atoms with van der Waals surface area (Å²) in [6.07, 6.45) is 0.370. The monoisotopic (exact) mass is 279 g/mol. The summed E-state index contributed by atoms with van der Waals surface area (Å²) in [4.78, 5) is 2.25. The molecular weight excluding hydrogens is 257 g/mol. The van der Waals surface area contributed by atoms with E-state index in [1.165, 1.54) is 12.1 Å². The van der Waals surface area contributed by atoms with Gasteiger partial charge in [0.1, 0.15) is 18.2 Å². The zero-order valence-electron chi connectivity index (χ0n) is 12.2. The number of hydrogen-bond donors (Lipinski definition) is 1. The van der Waals surface area contributed by atoms with Gasteiger partial charge in [-0.15, -0.1) is 0 Å². The zero-order chi connectivity index (χ0) is 14.8. The highest BCUT2D eigenvalue weighted by atomic mass is 19.1. The minimum absolute atomic E-state index is 0.000462. The summed E-state index contributed by atoms with van der Waals surface area (Å²) >= 11 is 0. The molecule has 4 heteroatoms. The van der Waals surface area contributed by atoms with Crippen LogP contribution in [0.4, 0.5) is 4.39 Å². The van der Waals surface area contributed by atoms with Crippen LogP contribution < -0.4 is 4.74 Å². The van der Waals surface area contributed by atoms with Crippen molar-refractivity contribution in [3.63, 3.8) is 0 Å². The Morgan fingerprint density at radius 3 is 2.70 bits per heavy atom. The quantitative estimate of drug-likeness (QED) is 0.777. The van der Waals surface area contributed by atoms with Gasteiger partial charge in [0.05, 0.1) is 12.2 Å². The SMILES string of the molecule is CCN(CC)CCOc1ccc(F)cc1C#CCCO. The zero-order valence-corrected chi connectivity index (χ0v) is 12.2. The van der Waals surface area contributed by atoms with Crippen LogP contribution in [0.1, 0.15) is 25.8 Å². The van der Waals surface area contributed by atoms with Gasteiger partial charge in [0.25, 0.3) is 0 Å². The maximum Gasteiger partial charge on any atom is 0.135 e. The second-order valence-electron chi connectivity index (χ2n) is 4.29. The van der Waals surface area contributed by atoms with Gasteiger partial charge in [-0.2, -0.15) is 0 Å². The Balaban J connectivity index is 2.67. The molecule has 0 fully saturated rings. The Labute approximate surface area is 120 Å². The van der Waals surface area contributed by atoms with Crippen molar-refractivity contribution < 1.29 is 14.2 Å². The molecule has 110 valence electrons. The van der Waals surface area contributed by atoms with Crippen LogP contribution in [0.5, 0.6) is 5.75 Å². The van der Waals surface area contributed by atoms with Crippen LogP contribution in [0, 0.1) is 17.7 Å². The van der Waals surface area contributed by atoms with E-state index in [1.54, 1.807) is 6.07 Å². The fraction of sp³-hybridized carbons (Fsp3) is 0.500. The average molecular weight is 279 g/mol. The number of aliphatic hydroxyl groups excluding tert-OH is 1. The largest absolute Gasteiger partial charge is 0.491 e. The van der Waals surface area contributed by atoms with E-state index in [1.807, 2.05) is 0 Å². The van der Waals surface area contributed by atoms with E-state index < -0.39 is 0 Å². The normalized spacial score (nSPS) is 10.2. The number of hydrogen-bond acceptors (Lipinski definition) is 3. The summed E-state index contributed by atoms with van der Waals surface area (Å²) < 4.78 is 18.9. The van der Waals surface area contributed by atoms with E-state index >= 15 is 0 Å². The van der Waals surface area contributed by atoms with Gasteiger partial charge in [0.2, 0.25) is 0 Å². The molecule has 0 unspecified atom stereocenters. The van der Waals surface area contributed by atoms with Gasteiger partial charge in [0.15, 0.2) is 0 Å². The van der Waals surface area contributed by atoms with E-state index in [2.05, 4.69) is 30.6 Å². The van der Waals surface area contributed by atoms with Gasteiger partial charge >= 0.3 is 0 Å². The number of aliphatic hydroxyl groups is 1. The Bertz CT molecular complexity index is 461. The molecule has 0 saturated carbocycles. The maximum absolute atomic E-state index is 13.2. The number of rotatable bonds is 7. The fourth-order valence-corrected chi connectivity index (χ4v) is 1.76. The molecule has 0 aliphatic heterocycles. The summed E-state index contributed by atoms with van der Waals surface area (Å²) in [5.74, 6) is 5.86. The Kier molecular flexibility index (Phi) is 7.71. The molecule has 1 N–H and O–H groups in total. The molecule has 0 heterocycles. The molecule has 0 atom stereocenters. The van der Waals surface area contributed by atoms with Crippen molar-refractivity contribution in [3.05, 3.63) is 29.6 Å². The van der Waals surface area contributed by atoms with Crippen molar-refractivity contribution in [3.8, 4) is 17.6 Å². The number of nitrogens with zero attached hydrogens (tertiary/aromatic N) is 1. The number of likely N-dealkylation sites (N-methyl/N-ethyl adjacent to an activating group) is 1. The maximum atomic E-state index is 13.2. The van der Waals surface area contributed by atoms with E-state index in [-0.39, 0.29) is 12.4 Å². The first-order valence-electron chi connectivity index (χ1n) is 6.95. The third-order valence-corrected chi connectivity index (χ3v) is 2.96.